The molecule has 0 bridgehead atoms. The molecule has 3 aliphatic carbocycles. The number of carboxylic acid groups (broad SMARTS) is 1. The first-order valence-corrected chi connectivity index (χ1v) is 32.3. The topological polar surface area (TPSA) is 291 Å². The Bertz CT molecular complexity index is 4500. The number of carboxylic acids is 1. The van der Waals surface area contributed by atoms with Gasteiger partial charge in [0.1, 0.15) is 18.5 Å². The number of amides is 2. The number of aryl methyl sites for hydroxylation is 4. The van der Waals surface area contributed by atoms with Gasteiger partial charge >= 0.3 is 13.1 Å². The molecule has 8 heterocycles. The van der Waals surface area contributed by atoms with Crippen molar-refractivity contribution < 1.29 is 42.7 Å². The lowest BCUT2D eigenvalue weighted by molar-refractivity contribution is -0.139. The lowest BCUT2D eigenvalue weighted by Gasteiger charge is -2.04. The molecule has 3 fully saturated rings. The number of carbonyl (C=O) groups is 3. The Morgan fingerprint density at radius 1 is 0.480 bits per heavy atom. The molecule has 15 rings (SSSR count). The number of rotatable bonds is 9. The monoisotopic (exact) mass is 1600 g/mol. The molecule has 0 radical (unpaired) electrons. The molecule has 0 unspecified atom stereocenters. The number of anilines is 4. The molecule has 98 heavy (non-hydrogen) atoms. The predicted octanol–water partition coefficient (Wildman–Crippen LogP) is 14.4. The van der Waals surface area contributed by atoms with Crippen molar-refractivity contribution >= 4 is 246 Å². The first-order valence-electron chi connectivity index (χ1n) is 28.2. The van der Waals surface area contributed by atoms with Gasteiger partial charge in [-0.25, -0.2) is 33.1 Å². The molecule has 3 aliphatic rings. The maximum absolute atomic E-state index is 12.9. The number of aliphatic carboxylic acids is 1. The van der Waals surface area contributed by atoms with E-state index >= 15 is 0 Å². The molecule has 6 atom stereocenters. The van der Waals surface area contributed by atoms with Gasteiger partial charge in [0.05, 0.1) is 58.6 Å². The van der Waals surface area contributed by atoms with Gasteiger partial charge in [-0.1, -0.05) is 79.5 Å². The fraction of sp³-hybridized carbons (Fsp3) is 0.203. The maximum atomic E-state index is 12.9. The number of nitrogens with one attached hydrogen (secondary N) is 2. The smallest absolute Gasteiger partial charge is 0.481 e. The molecular formula is C64H70BBrClF3N12O6S10. The summed E-state index contributed by atoms with van der Waals surface area (Å²) in [6, 6.07) is 31.7. The van der Waals surface area contributed by atoms with Crippen LogP contribution in [0.3, 0.4) is 0 Å². The molecule has 18 nitrogen and oxygen atoms in total. The lowest BCUT2D eigenvalue weighted by Crippen LogP contribution is -2.32. The summed E-state index contributed by atoms with van der Waals surface area (Å²) >= 11 is 9.20. The van der Waals surface area contributed by atoms with Crippen molar-refractivity contribution in [3.05, 3.63) is 173 Å². The van der Waals surface area contributed by atoms with E-state index in [2.05, 4.69) is 85.5 Å². The second-order valence-electron chi connectivity index (χ2n) is 21.4. The minimum absolute atomic E-state index is 0. The average Bonchev–Trinajstić information content (AvgIpc) is 1.55. The zero-order valence-corrected chi connectivity index (χ0v) is 64.0. The molecule has 520 valence electrons. The number of halogens is 5. The Kier molecular flexibility index (Phi) is 34.2. The molecule has 34 heteroatoms. The van der Waals surface area contributed by atoms with Gasteiger partial charge in [0.15, 0.2) is 20.5 Å². The van der Waals surface area contributed by atoms with Crippen LogP contribution in [0.1, 0.15) is 41.5 Å². The molecule has 12 aromatic rings. The van der Waals surface area contributed by atoms with Crippen LogP contribution in [0.2, 0.25) is 0 Å². The molecule has 2 amide bonds. The minimum Gasteiger partial charge on any atom is -0.481 e. The van der Waals surface area contributed by atoms with E-state index in [1.54, 1.807) is 31.6 Å². The van der Waals surface area contributed by atoms with E-state index in [1.165, 1.54) is 57.1 Å². The fourth-order valence-corrected chi connectivity index (χ4v) is 12.9. The standard InChI is InChI=1S/2C17H14FN3OS.C13H11N3S.C7H5BrN2S.C6H8BNO2.C4H5FO2.ClH.6H2S/c2*1-9-4-5-19-8-12(9)10-2-3-14-15(6-10)23-17(20-14)21-16(22)11-7-13(11)18;1-8-4-5-15-7-10(8)9-2-3-11-12(6-9)17-13(14)16-11;8-4-1-2-5-6(3-4)11-7(9)10-5;1-5-2-3-8-4-6(5)7(9)10;5-3-1-2(3)4(6)7;;;;;;;/h2*2-6,8,11,13H,7H2,1H3,(H,20,21,22);2-7H,1H3,(H2,14,16);1-3H,(H2,9,10);2-4,9-10H,1H3;2-3H,1H2,(H,6,7);1H;6*1H2/t2*11-,13+;;;;2-,3+;;;;;;;/m11...1......./s1. The van der Waals surface area contributed by atoms with Crippen LogP contribution < -0.4 is 27.6 Å². The van der Waals surface area contributed by atoms with Gasteiger partial charge < -0.3 is 37.3 Å². The lowest BCUT2D eigenvalue weighted by atomic mass is 9.79. The largest absolute Gasteiger partial charge is 0.490 e. The van der Waals surface area contributed by atoms with Crippen molar-refractivity contribution in [2.24, 2.45) is 17.8 Å². The highest BCUT2D eigenvalue weighted by molar-refractivity contribution is 9.10. The van der Waals surface area contributed by atoms with Crippen molar-refractivity contribution in [2.75, 3.05) is 22.1 Å². The van der Waals surface area contributed by atoms with Crippen molar-refractivity contribution in [1.29, 1.82) is 0 Å². The molecular weight excluding hydrogens is 1540 g/mol. The third kappa shape index (κ3) is 22.9. The molecule has 0 saturated heterocycles. The predicted molar refractivity (Wildman–Crippen MR) is 431 cm³/mol. The van der Waals surface area contributed by atoms with Crippen LogP contribution in [0.15, 0.2) is 151 Å². The first-order chi connectivity index (χ1) is 43.7. The number of fused-ring (bicyclic) bond motifs is 4. The molecule has 8 aromatic heterocycles. The van der Waals surface area contributed by atoms with Gasteiger partial charge in [-0.2, -0.15) is 81.0 Å². The maximum Gasteiger partial charge on any atom is 0.490 e. The van der Waals surface area contributed by atoms with Crippen LogP contribution >= 0.6 is 155 Å². The van der Waals surface area contributed by atoms with Crippen LogP contribution in [0, 0.1) is 45.4 Å². The number of benzene rings is 4. The molecule has 9 N–H and O–H groups in total. The highest BCUT2D eigenvalue weighted by Crippen LogP contribution is 2.39. The average molecular weight is 1610 g/mol. The summed E-state index contributed by atoms with van der Waals surface area (Å²) in [6.45, 7) is 7.98. The van der Waals surface area contributed by atoms with E-state index < -0.39 is 49.4 Å². The number of pyridine rings is 4. The Balaban J connectivity index is 0.000000314. The van der Waals surface area contributed by atoms with Crippen molar-refractivity contribution in [2.45, 2.75) is 65.5 Å². The summed E-state index contributed by atoms with van der Waals surface area (Å²) in [6.07, 6.45) is 11.8. The normalized spacial score (nSPS) is 16.0. The number of hydrogen-bond donors (Lipinski definition) is 7. The number of carbonyl (C=O) groups excluding carboxylic acids is 2. The van der Waals surface area contributed by atoms with E-state index in [0.29, 0.717) is 38.8 Å². The van der Waals surface area contributed by atoms with Crippen LogP contribution in [0.25, 0.3) is 74.2 Å². The molecule has 0 aliphatic heterocycles. The number of hydrogen-bond acceptors (Lipinski definition) is 19. The third-order valence-electron chi connectivity index (χ3n) is 14.5. The van der Waals surface area contributed by atoms with Gasteiger partial charge in [0.2, 0.25) is 11.8 Å². The van der Waals surface area contributed by atoms with Gasteiger partial charge in [-0.3, -0.25) is 34.3 Å². The van der Waals surface area contributed by atoms with Crippen molar-refractivity contribution in [3.8, 4) is 33.4 Å². The van der Waals surface area contributed by atoms with Gasteiger partial charge in [0.25, 0.3) is 0 Å². The quantitative estimate of drug-likeness (QED) is 0.0661. The number of alkyl halides is 3. The summed E-state index contributed by atoms with van der Waals surface area (Å²) in [5.74, 6) is -3.25. The summed E-state index contributed by atoms with van der Waals surface area (Å²) in [4.78, 5) is 66.8. The Morgan fingerprint density at radius 3 is 1.10 bits per heavy atom. The van der Waals surface area contributed by atoms with Crippen molar-refractivity contribution in [1.82, 2.24) is 39.9 Å². The Labute approximate surface area is 635 Å². The van der Waals surface area contributed by atoms with Gasteiger partial charge in [-0.15, -0.1) is 12.4 Å². The summed E-state index contributed by atoms with van der Waals surface area (Å²) in [7, 11) is -1.41. The third-order valence-corrected chi connectivity index (χ3v) is 18.6. The zero-order valence-electron chi connectivity index (χ0n) is 52.4. The molecule has 0 spiro atoms. The van der Waals surface area contributed by atoms with Gasteiger partial charge in [0, 0.05) is 76.2 Å². The highest BCUT2D eigenvalue weighted by Gasteiger charge is 2.45. The number of nitrogen functional groups attached to an aromatic ring is 2. The molecule has 3 saturated carbocycles. The van der Waals surface area contributed by atoms with E-state index in [-0.39, 0.29) is 112 Å². The van der Waals surface area contributed by atoms with Crippen molar-refractivity contribution in [3.63, 3.8) is 0 Å². The number of nitrogens with zero attached hydrogens (tertiary/aromatic N) is 8. The van der Waals surface area contributed by atoms with Crippen LogP contribution in [0.4, 0.5) is 33.7 Å². The fourth-order valence-electron chi connectivity index (χ4n) is 9.05. The highest BCUT2D eigenvalue weighted by atomic mass is 79.9. The van der Waals surface area contributed by atoms with E-state index in [9.17, 15) is 27.6 Å². The van der Waals surface area contributed by atoms with E-state index in [1.807, 2.05) is 117 Å². The first kappa shape index (κ1) is 85.9. The Hall–Kier alpha value is -6.31. The van der Waals surface area contributed by atoms with Gasteiger partial charge in [-0.05, 0) is 165 Å². The second kappa shape index (κ2) is 39.0. The molecule has 4 aromatic carbocycles. The summed E-state index contributed by atoms with van der Waals surface area (Å²) in [5, 5.41) is 33.1. The summed E-state index contributed by atoms with van der Waals surface area (Å²) < 4.78 is 42.8. The van der Waals surface area contributed by atoms with E-state index in [0.717, 1.165) is 95.4 Å². The van der Waals surface area contributed by atoms with E-state index in [4.69, 9.17) is 26.6 Å². The second-order valence-corrected chi connectivity index (χ2v) is 26.5. The van der Waals surface area contributed by atoms with Crippen LogP contribution in [0.5, 0.6) is 0 Å². The number of thiazole rings is 4. The number of nitrogens with two attached hydrogens (primary N) is 2. The zero-order chi connectivity index (χ0) is 64.6. The van der Waals surface area contributed by atoms with Crippen LogP contribution in [-0.2, 0) is 14.4 Å². The minimum atomic E-state index is -1.41. The SMILES string of the molecule is Cc1ccncc1-c1ccc2nc(N)sc2c1.Cc1ccncc1-c1ccc2nc(NC(=O)[C@@H]3C[C@@H]3F)sc2c1.Cc1ccncc1-c1ccc2nc(NC(=O)[C@@H]3C[C@@H]3F)sc2c1.Cc1ccncc1B(O)O.Cl.Nc1nc2ccc(Br)cc2s1.O=C(O)[C@@H]1C[C@@H]1F.S.S.S.S.S.S. The number of aromatic nitrogens is 8. The summed E-state index contributed by atoms with van der Waals surface area (Å²) in [5.41, 5.74) is 26.2. The Morgan fingerprint density at radius 2 is 0.796 bits per heavy atom. The van der Waals surface area contributed by atoms with Crippen LogP contribution in [-0.4, -0.2) is 98.4 Å².